The van der Waals surface area contributed by atoms with Crippen molar-refractivity contribution in [3.63, 3.8) is 0 Å². The van der Waals surface area contributed by atoms with Crippen LogP contribution in [0.4, 0.5) is 0 Å². The number of hydrogen-bond acceptors (Lipinski definition) is 3. The summed E-state index contributed by atoms with van der Waals surface area (Å²) in [6.07, 6.45) is 3.63. The highest BCUT2D eigenvalue weighted by molar-refractivity contribution is 9.10. The van der Waals surface area contributed by atoms with Crippen molar-refractivity contribution in [2.75, 3.05) is 26.2 Å². The Morgan fingerprint density at radius 2 is 1.70 bits per heavy atom. The van der Waals surface area contributed by atoms with E-state index in [1.807, 2.05) is 4.90 Å². The molecule has 2 heterocycles. The number of hydrogen-bond donors (Lipinski definition) is 0. The van der Waals surface area contributed by atoms with E-state index in [0.717, 1.165) is 43.2 Å². The minimum Gasteiger partial charge on any atom is -0.342 e. The predicted molar refractivity (Wildman–Crippen MR) is 91.4 cm³/mol. The molecule has 1 aromatic carbocycles. The van der Waals surface area contributed by atoms with Crippen molar-refractivity contribution in [3.8, 4) is 0 Å². The maximum absolute atomic E-state index is 12.8. The summed E-state index contributed by atoms with van der Waals surface area (Å²) in [5.74, 6) is -0.0784. The molecule has 0 radical (unpaired) electrons. The van der Waals surface area contributed by atoms with E-state index in [2.05, 4.69) is 15.9 Å². The van der Waals surface area contributed by atoms with Gasteiger partial charge in [0, 0.05) is 30.7 Å². The van der Waals surface area contributed by atoms with Crippen LogP contribution in [0.25, 0.3) is 0 Å². The summed E-state index contributed by atoms with van der Waals surface area (Å²) >= 11 is 3.32. The first-order chi connectivity index (χ1) is 11.0. The van der Waals surface area contributed by atoms with E-state index in [0.29, 0.717) is 13.1 Å². The van der Waals surface area contributed by atoms with Crippen LogP contribution in [-0.2, 0) is 14.8 Å². The number of benzene rings is 1. The van der Waals surface area contributed by atoms with Crippen LogP contribution in [0.2, 0.25) is 0 Å². The van der Waals surface area contributed by atoms with Gasteiger partial charge in [-0.2, -0.15) is 4.31 Å². The molecular weight excluding hydrogens is 380 g/mol. The van der Waals surface area contributed by atoms with E-state index in [4.69, 9.17) is 0 Å². The van der Waals surface area contributed by atoms with E-state index in [1.165, 1.54) is 4.31 Å². The lowest BCUT2D eigenvalue weighted by molar-refractivity contribution is -0.135. The van der Waals surface area contributed by atoms with Gasteiger partial charge in [0.15, 0.2) is 0 Å². The van der Waals surface area contributed by atoms with Gasteiger partial charge < -0.3 is 4.90 Å². The van der Waals surface area contributed by atoms with Gasteiger partial charge >= 0.3 is 0 Å². The van der Waals surface area contributed by atoms with Gasteiger partial charge in [0.25, 0.3) is 0 Å². The number of halogens is 1. The molecule has 0 aliphatic carbocycles. The highest BCUT2D eigenvalue weighted by Crippen LogP contribution is 2.26. The SMILES string of the molecule is O=C(C1CCCN(S(=O)(=O)c2ccc(Br)cc2)C1)N1CCCC1. The summed E-state index contributed by atoms with van der Waals surface area (Å²) in [4.78, 5) is 14.7. The average Bonchev–Trinajstić information content (AvgIpc) is 3.09. The number of carbonyl (C=O) groups excluding carboxylic acids is 1. The van der Waals surface area contributed by atoms with Crippen molar-refractivity contribution in [2.24, 2.45) is 5.92 Å². The van der Waals surface area contributed by atoms with Crippen LogP contribution in [0, 0.1) is 5.92 Å². The second-order valence-electron chi connectivity index (χ2n) is 6.19. The minimum absolute atomic E-state index is 0.123. The van der Waals surface area contributed by atoms with Crippen LogP contribution < -0.4 is 0 Å². The Kier molecular flexibility index (Phi) is 5.08. The molecule has 23 heavy (non-hydrogen) atoms. The zero-order chi connectivity index (χ0) is 16.4. The molecule has 2 saturated heterocycles. The third-order valence-electron chi connectivity index (χ3n) is 4.60. The predicted octanol–water partition coefficient (Wildman–Crippen LogP) is 2.47. The molecule has 2 fully saturated rings. The molecule has 0 N–H and O–H groups in total. The molecule has 1 unspecified atom stereocenters. The van der Waals surface area contributed by atoms with E-state index >= 15 is 0 Å². The van der Waals surface area contributed by atoms with Crippen molar-refractivity contribution in [1.29, 1.82) is 0 Å². The molecular formula is C16H21BrN2O3S. The number of amides is 1. The van der Waals surface area contributed by atoms with Crippen molar-refractivity contribution in [2.45, 2.75) is 30.6 Å². The number of nitrogens with zero attached hydrogens (tertiary/aromatic N) is 2. The molecule has 2 aliphatic rings. The molecule has 126 valence electrons. The van der Waals surface area contributed by atoms with Crippen LogP contribution in [-0.4, -0.2) is 49.7 Å². The highest BCUT2D eigenvalue weighted by atomic mass is 79.9. The van der Waals surface area contributed by atoms with E-state index in [1.54, 1.807) is 24.3 Å². The first-order valence-corrected chi connectivity index (χ1v) is 10.3. The number of rotatable bonds is 3. The number of carbonyl (C=O) groups is 1. The molecule has 1 aromatic rings. The number of sulfonamides is 1. The van der Waals surface area contributed by atoms with E-state index in [-0.39, 0.29) is 16.7 Å². The Bertz CT molecular complexity index is 669. The lowest BCUT2D eigenvalue weighted by Crippen LogP contribution is -2.46. The fourth-order valence-corrected chi connectivity index (χ4v) is 5.10. The van der Waals surface area contributed by atoms with Crippen molar-refractivity contribution >= 4 is 31.9 Å². The first-order valence-electron chi connectivity index (χ1n) is 8.03. The maximum Gasteiger partial charge on any atom is 0.243 e. The van der Waals surface area contributed by atoms with Crippen LogP contribution in [0.3, 0.4) is 0 Å². The Hall–Kier alpha value is -0.920. The Morgan fingerprint density at radius 3 is 2.35 bits per heavy atom. The van der Waals surface area contributed by atoms with Crippen LogP contribution in [0.1, 0.15) is 25.7 Å². The van der Waals surface area contributed by atoms with Gasteiger partial charge in [0.1, 0.15) is 0 Å². The van der Waals surface area contributed by atoms with Crippen molar-refractivity contribution in [1.82, 2.24) is 9.21 Å². The molecule has 0 aromatic heterocycles. The third-order valence-corrected chi connectivity index (χ3v) is 7.01. The average molecular weight is 401 g/mol. The zero-order valence-corrected chi connectivity index (χ0v) is 15.4. The smallest absolute Gasteiger partial charge is 0.243 e. The fraction of sp³-hybridized carbons (Fsp3) is 0.562. The third kappa shape index (κ3) is 3.61. The highest BCUT2D eigenvalue weighted by Gasteiger charge is 2.35. The van der Waals surface area contributed by atoms with Gasteiger partial charge in [0.05, 0.1) is 10.8 Å². The second kappa shape index (κ2) is 6.91. The summed E-state index contributed by atoms with van der Waals surface area (Å²) in [5, 5.41) is 0. The van der Waals surface area contributed by atoms with Gasteiger partial charge in [-0.05, 0) is 49.9 Å². The second-order valence-corrected chi connectivity index (χ2v) is 9.04. The molecule has 7 heteroatoms. The number of likely N-dealkylation sites (tertiary alicyclic amines) is 1. The Labute approximate surface area is 145 Å². The maximum atomic E-state index is 12.8. The Morgan fingerprint density at radius 1 is 1.04 bits per heavy atom. The number of piperidine rings is 1. The van der Waals surface area contributed by atoms with Gasteiger partial charge in [0.2, 0.25) is 15.9 Å². The van der Waals surface area contributed by atoms with Crippen LogP contribution >= 0.6 is 15.9 Å². The van der Waals surface area contributed by atoms with Gasteiger partial charge in [-0.15, -0.1) is 0 Å². The largest absolute Gasteiger partial charge is 0.342 e. The quantitative estimate of drug-likeness (QED) is 0.782. The van der Waals surface area contributed by atoms with Gasteiger partial charge in [-0.3, -0.25) is 4.79 Å². The van der Waals surface area contributed by atoms with E-state index < -0.39 is 10.0 Å². The molecule has 5 nitrogen and oxygen atoms in total. The first kappa shape index (κ1) is 16.9. The lowest BCUT2D eigenvalue weighted by Gasteiger charge is -2.33. The molecule has 3 rings (SSSR count). The minimum atomic E-state index is -3.53. The Balaban J connectivity index is 1.74. The summed E-state index contributed by atoms with van der Waals surface area (Å²) in [6, 6.07) is 6.66. The lowest BCUT2D eigenvalue weighted by atomic mass is 9.98. The summed E-state index contributed by atoms with van der Waals surface area (Å²) < 4.78 is 27.9. The summed E-state index contributed by atoms with van der Waals surface area (Å²) in [5.41, 5.74) is 0. The molecule has 0 bridgehead atoms. The topological polar surface area (TPSA) is 57.7 Å². The van der Waals surface area contributed by atoms with Gasteiger partial charge in [-0.25, -0.2) is 8.42 Å². The van der Waals surface area contributed by atoms with Crippen LogP contribution in [0.5, 0.6) is 0 Å². The molecule has 0 spiro atoms. The van der Waals surface area contributed by atoms with E-state index in [9.17, 15) is 13.2 Å². The summed E-state index contributed by atoms with van der Waals surface area (Å²) in [6.45, 7) is 2.42. The van der Waals surface area contributed by atoms with Crippen molar-refractivity contribution < 1.29 is 13.2 Å². The molecule has 0 saturated carbocycles. The zero-order valence-electron chi connectivity index (χ0n) is 12.9. The summed E-state index contributed by atoms with van der Waals surface area (Å²) in [7, 11) is -3.53. The standard InChI is InChI=1S/C16H21BrN2O3S/c17-14-5-7-15(8-6-14)23(21,22)19-11-3-4-13(12-19)16(20)18-9-1-2-10-18/h5-8,13H,1-4,9-12H2. The molecule has 1 atom stereocenters. The fourth-order valence-electron chi connectivity index (χ4n) is 3.31. The van der Waals surface area contributed by atoms with Gasteiger partial charge in [-0.1, -0.05) is 15.9 Å². The molecule has 2 aliphatic heterocycles. The van der Waals surface area contributed by atoms with Crippen LogP contribution in [0.15, 0.2) is 33.6 Å². The molecule has 1 amide bonds. The monoisotopic (exact) mass is 400 g/mol. The normalized spacial score (nSPS) is 23.2. The van der Waals surface area contributed by atoms with Crippen molar-refractivity contribution in [3.05, 3.63) is 28.7 Å².